The van der Waals surface area contributed by atoms with Crippen molar-refractivity contribution in [3.8, 4) is 0 Å². The smallest absolute Gasteiger partial charge is 0.211 e. The number of nitrogens with one attached hydrogen (secondary N) is 2. The minimum absolute atomic E-state index is 0.249. The molecule has 0 aliphatic heterocycles. The molecule has 112 valence electrons. The number of H-pyrrole nitrogens is 1. The van der Waals surface area contributed by atoms with Crippen molar-refractivity contribution in [3.63, 3.8) is 0 Å². The van der Waals surface area contributed by atoms with Crippen molar-refractivity contribution in [1.29, 1.82) is 0 Å². The predicted octanol–water partition coefficient (Wildman–Crippen LogP) is 0.599. The second kappa shape index (κ2) is 5.90. The highest BCUT2D eigenvalue weighted by Gasteiger charge is 2.17. The second-order valence-electron chi connectivity index (χ2n) is 5.11. The van der Waals surface area contributed by atoms with E-state index in [1.54, 1.807) is 12.1 Å². The summed E-state index contributed by atoms with van der Waals surface area (Å²) >= 11 is 0. The topological polar surface area (TPSA) is 101 Å². The Morgan fingerprint density at radius 3 is 2.76 bits per heavy atom. The van der Waals surface area contributed by atoms with Gasteiger partial charge in [-0.3, -0.25) is 0 Å². The lowest BCUT2D eigenvalue weighted by Crippen LogP contribution is -2.26. The number of benzene rings is 1. The zero-order valence-electron chi connectivity index (χ0n) is 11.5. The van der Waals surface area contributed by atoms with Crippen LogP contribution in [0.4, 0.5) is 0 Å². The SMILES string of the molecule is O=S(=O)(NCCc1nn[nH]n1)c1ccc2c(c1)CCCC2. The molecule has 0 bridgehead atoms. The number of rotatable bonds is 5. The number of hydrogen-bond acceptors (Lipinski definition) is 5. The van der Waals surface area contributed by atoms with Crippen molar-refractivity contribution in [3.05, 3.63) is 35.2 Å². The minimum atomic E-state index is -3.48. The van der Waals surface area contributed by atoms with Gasteiger partial charge in [0.25, 0.3) is 0 Å². The van der Waals surface area contributed by atoms with Crippen molar-refractivity contribution in [1.82, 2.24) is 25.3 Å². The lowest BCUT2D eigenvalue weighted by Gasteiger charge is -2.16. The summed E-state index contributed by atoms with van der Waals surface area (Å²) in [6, 6.07) is 5.41. The number of tetrazole rings is 1. The fraction of sp³-hybridized carbons (Fsp3) is 0.462. The van der Waals surface area contributed by atoms with Crippen LogP contribution >= 0.6 is 0 Å². The first-order valence-electron chi connectivity index (χ1n) is 6.99. The molecule has 3 rings (SSSR count). The van der Waals surface area contributed by atoms with Gasteiger partial charge in [0, 0.05) is 13.0 Å². The maximum atomic E-state index is 12.3. The van der Waals surface area contributed by atoms with Gasteiger partial charge in [-0.15, -0.1) is 10.2 Å². The number of aromatic nitrogens is 4. The second-order valence-corrected chi connectivity index (χ2v) is 6.88. The average Bonchev–Trinajstić information content (AvgIpc) is 3.00. The van der Waals surface area contributed by atoms with E-state index in [0.717, 1.165) is 24.8 Å². The van der Waals surface area contributed by atoms with Gasteiger partial charge in [0.1, 0.15) is 0 Å². The highest BCUT2D eigenvalue weighted by Crippen LogP contribution is 2.23. The van der Waals surface area contributed by atoms with E-state index in [-0.39, 0.29) is 6.54 Å². The molecule has 1 aromatic carbocycles. The lowest BCUT2D eigenvalue weighted by molar-refractivity contribution is 0.580. The van der Waals surface area contributed by atoms with Crippen LogP contribution in [0.25, 0.3) is 0 Å². The number of sulfonamides is 1. The molecule has 0 fully saturated rings. The molecule has 1 aliphatic carbocycles. The van der Waals surface area contributed by atoms with Crippen molar-refractivity contribution in [2.24, 2.45) is 0 Å². The van der Waals surface area contributed by atoms with E-state index < -0.39 is 10.0 Å². The molecule has 0 amide bonds. The fourth-order valence-electron chi connectivity index (χ4n) is 2.55. The van der Waals surface area contributed by atoms with E-state index in [9.17, 15) is 8.42 Å². The summed E-state index contributed by atoms with van der Waals surface area (Å²) in [6.45, 7) is 0.249. The molecular formula is C13H17N5O2S. The summed E-state index contributed by atoms with van der Waals surface area (Å²) in [6.07, 6.45) is 4.72. The van der Waals surface area contributed by atoms with Crippen LogP contribution < -0.4 is 4.72 Å². The van der Waals surface area contributed by atoms with Crippen LogP contribution in [0, 0.1) is 0 Å². The summed E-state index contributed by atoms with van der Waals surface area (Å²) in [4.78, 5) is 0.330. The zero-order chi connectivity index (χ0) is 14.7. The Hall–Kier alpha value is -1.80. The van der Waals surface area contributed by atoms with Crippen LogP contribution in [0.1, 0.15) is 29.8 Å². The normalized spacial score (nSPS) is 14.9. The predicted molar refractivity (Wildman–Crippen MR) is 76.2 cm³/mol. The van der Waals surface area contributed by atoms with Gasteiger partial charge in [-0.05, 0) is 48.9 Å². The number of aromatic amines is 1. The van der Waals surface area contributed by atoms with E-state index in [1.807, 2.05) is 6.07 Å². The number of fused-ring (bicyclic) bond motifs is 1. The Morgan fingerprint density at radius 2 is 2.00 bits per heavy atom. The van der Waals surface area contributed by atoms with Gasteiger partial charge >= 0.3 is 0 Å². The highest BCUT2D eigenvalue weighted by molar-refractivity contribution is 7.89. The lowest BCUT2D eigenvalue weighted by atomic mass is 9.92. The molecule has 8 heteroatoms. The van der Waals surface area contributed by atoms with E-state index in [2.05, 4.69) is 25.3 Å². The van der Waals surface area contributed by atoms with E-state index in [0.29, 0.717) is 17.1 Å². The molecule has 0 atom stereocenters. The van der Waals surface area contributed by atoms with Crippen LogP contribution in [-0.2, 0) is 29.3 Å². The van der Waals surface area contributed by atoms with Gasteiger partial charge in [0.15, 0.2) is 5.82 Å². The molecule has 7 nitrogen and oxygen atoms in total. The fourth-order valence-corrected chi connectivity index (χ4v) is 3.63. The first kappa shape index (κ1) is 14.2. The van der Waals surface area contributed by atoms with Crippen LogP contribution in [-0.4, -0.2) is 35.6 Å². The number of hydrogen-bond donors (Lipinski definition) is 2. The summed E-state index contributed by atoms with van der Waals surface area (Å²) in [5.74, 6) is 0.489. The molecule has 1 aromatic heterocycles. The maximum Gasteiger partial charge on any atom is 0.240 e. The molecule has 2 N–H and O–H groups in total. The van der Waals surface area contributed by atoms with Crippen molar-refractivity contribution < 1.29 is 8.42 Å². The molecule has 21 heavy (non-hydrogen) atoms. The number of nitrogens with zero attached hydrogens (tertiary/aromatic N) is 3. The Kier molecular flexibility index (Phi) is 3.98. The third kappa shape index (κ3) is 3.27. The minimum Gasteiger partial charge on any atom is -0.211 e. The largest absolute Gasteiger partial charge is 0.240 e. The Labute approximate surface area is 123 Å². The first-order chi connectivity index (χ1) is 10.1. The van der Waals surface area contributed by atoms with Gasteiger partial charge in [-0.1, -0.05) is 11.3 Å². The molecule has 0 saturated heterocycles. The zero-order valence-corrected chi connectivity index (χ0v) is 12.4. The summed E-state index contributed by atoms with van der Waals surface area (Å²) in [5, 5.41) is 13.3. The van der Waals surface area contributed by atoms with Crippen LogP contribution in [0.3, 0.4) is 0 Å². The summed E-state index contributed by atoms with van der Waals surface area (Å²) in [5.41, 5.74) is 2.43. The molecule has 0 radical (unpaired) electrons. The van der Waals surface area contributed by atoms with Crippen LogP contribution in [0.5, 0.6) is 0 Å². The van der Waals surface area contributed by atoms with Gasteiger partial charge in [-0.2, -0.15) is 5.21 Å². The Balaban J connectivity index is 1.69. The molecule has 0 unspecified atom stereocenters. The van der Waals surface area contributed by atoms with Crippen LogP contribution in [0.2, 0.25) is 0 Å². The third-order valence-electron chi connectivity index (χ3n) is 3.66. The standard InChI is InChI=1S/C13H17N5O2S/c19-21(20,14-8-7-13-15-17-18-16-13)12-6-5-10-3-1-2-4-11(10)9-12/h5-6,9,14H,1-4,7-8H2,(H,15,16,17,18). The van der Waals surface area contributed by atoms with Crippen molar-refractivity contribution >= 4 is 10.0 Å². The average molecular weight is 307 g/mol. The molecular weight excluding hydrogens is 290 g/mol. The molecule has 2 aromatic rings. The third-order valence-corrected chi connectivity index (χ3v) is 5.12. The van der Waals surface area contributed by atoms with Gasteiger partial charge in [0.05, 0.1) is 4.90 Å². The van der Waals surface area contributed by atoms with Crippen molar-refractivity contribution in [2.75, 3.05) is 6.54 Å². The monoisotopic (exact) mass is 307 g/mol. The molecule has 1 heterocycles. The van der Waals surface area contributed by atoms with Crippen molar-refractivity contribution in [2.45, 2.75) is 37.0 Å². The molecule has 0 spiro atoms. The molecule has 0 saturated carbocycles. The Morgan fingerprint density at radius 1 is 1.19 bits per heavy atom. The highest BCUT2D eigenvalue weighted by atomic mass is 32.2. The maximum absolute atomic E-state index is 12.3. The van der Waals surface area contributed by atoms with E-state index >= 15 is 0 Å². The van der Waals surface area contributed by atoms with Gasteiger partial charge in [0.2, 0.25) is 10.0 Å². The first-order valence-corrected chi connectivity index (χ1v) is 8.47. The summed E-state index contributed by atoms with van der Waals surface area (Å²) < 4.78 is 27.1. The van der Waals surface area contributed by atoms with E-state index in [4.69, 9.17) is 0 Å². The van der Waals surface area contributed by atoms with Crippen LogP contribution in [0.15, 0.2) is 23.1 Å². The quantitative estimate of drug-likeness (QED) is 0.842. The van der Waals surface area contributed by atoms with Gasteiger partial charge < -0.3 is 0 Å². The Bertz CT molecular complexity index is 712. The van der Waals surface area contributed by atoms with Gasteiger partial charge in [-0.25, -0.2) is 13.1 Å². The molecule has 1 aliphatic rings. The summed E-state index contributed by atoms with van der Waals surface area (Å²) in [7, 11) is -3.48. The number of aryl methyl sites for hydroxylation is 2. The van der Waals surface area contributed by atoms with E-state index in [1.165, 1.54) is 12.0 Å².